The predicted octanol–water partition coefficient (Wildman–Crippen LogP) is 0.737. The van der Waals surface area contributed by atoms with Crippen molar-refractivity contribution in [3.63, 3.8) is 0 Å². The van der Waals surface area contributed by atoms with Gasteiger partial charge in [0.15, 0.2) is 0 Å². The van der Waals surface area contributed by atoms with Gasteiger partial charge < -0.3 is 5.73 Å². The fraction of sp³-hybridized carbons (Fsp3) is 0.714. The molecule has 1 aromatic rings. The van der Waals surface area contributed by atoms with E-state index in [1.807, 2.05) is 0 Å². The highest BCUT2D eigenvalue weighted by Crippen LogP contribution is 2.21. The first-order valence-corrected chi connectivity index (χ1v) is 4.11. The number of rotatable bonds is 4. The Hall–Kier alpha value is -1.04. The summed E-state index contributed by atoms with van der Waals surface area (Å²) < 4.78 is 26.2. The van der Waals surface area contributed by atoms with Gasteiger partial charge in [-0.3, -0.25) is 0 Å². The molecule has 0 unspecified atom stereocenters. The molecule has 74 valence electrons. The first kappa shape index (κ1) is 10.0. The molecule has 13 heavy (non-hydrogen) atoms. The fourth-order valence-corrected chi connectivity index (χ4v) is 1.14. The van der Waals surface area contributed by atoms with Crippen LogP contribution >= 0.6 is 0 Å². The van der Waals surface area contributed by atoms with Gasteiger partial charge in [0.1, 0.15) is 5.69 Å². The van der Waals surface area contributed by atoms with Gasteiger partial charge >= 0.3 is 0 Å². The Labute approximate surface area is 74.7 Å². The van der Waals surface area contributed by atoms with Crippen molar-refractivity contribution in [3.8, 4) is 0 Å². The predicted molar refractivity (Wildman–Crippen MR) is 43.4 cm³/mol. The van der Waals surface area contributed by atoms with Crippen molar-refractivity contribution in [3.05, 3.63) is 11.4 Å². The second kappa shape index (κ2) is 4.27. The van der Waals surface area contributed by atoms with E-state index in [-0.39, 0.29) is 5.69 Å². The Morgan fingerprint density at radius 2 is 2.23 bits per heavy atom. The molecule has 0 fully saturated rings. The van der Waals surface area contributed by atoms with Crippen LogP contribution in [0.2, 0.25) is 0 Å². The summed E-state index contributed by atoms with van der Waals surface area (Å²) in [7, 11) is 0. The molecule has 0 aromatic carbocycles. The van der Waals surface area contributed by atoms with E-state index in [0.29, 0.717) is 25.2 Å². The Balaban J connectivity index is 2.99. The van der Waals surface area contributed by atoms with Gasteiger partial charge in [0.25, 0.3) is 6.43 Å². The molecule has 0 aliphatic heterocycles. The Morgan fingerprint density at radius 1 is 1.54 bits per heavy atom. The monoisotopic (exact) mass is 190 g/mol. The fourth-order valence-electron chi connectivity index (χ4n) is 1.14. The van der Waals surface area contributed by atoms with Crippen molar-refractivity contribution in [2.75, 3.05) is 6.54 Å². The normalized spacial score (nSPS) is 11.2. The molecular weight excluding hydrogens is 178 g/mol. The molecule has 0 radical (unpaired) electrons. The van der Waals surface area contributed by atoms with Crippen molar-refractivity contribution in [1.29, 1.82) is 0 Å². The third-order valence-electron chi connectivity index (χ3n) is 1.73. The molecule has 4 nitrogen and oxygen atoms in total. The minimum Gasteiger partial charge on any atom is -0.330 e. The lowest BCUT2D eigenvalue weighted by atomic mass is 10.2. The van der Waals surface area contributed by atoms with Crippen LogP contribution in [0.25, 0.3) is 0 Å². The number of halogens is 2. The average Bonchev–Trinajstić information content (AvgIpc) is 2.48. The summed E-state index contributed by atoms with van der Waals surface area (Å²) in [5.41, 5.74) is 5.46. The van der Waals surface area contributed by atoms with Crippen molar-refractivity contribution >= 4 is 0 Å². The van der Waals surface area contributed by atoms with E-state index in [9.17, 15) is 8.78 Å². The topological polar surface area (TPSA) is 56.7 Å². The van der Waals surface area contributed by atoms with Gasteiger partial charge in [-0.25, -0.2) is 13.5 Å². The molecule has 1 rings (SSSR count). The molecule has 0 saturated heterocycles. The van der Waals surface area contributed by atoms with Crippen LogP contribution in [0.3, 0.4) is 0 Å². The van der Waals surface area contributed by atoms with Crippen LogP contribution < -0.4 is 5.73 Å². The zero-order chi connectivity index (χ0) is 9.84. The third kappa shape index (κ3) is 2.00. The van der Waals surface area contributed by atoms with Gasteiger partial charge in [-0.15, -0.1) is 5.10 Å². The quantitative estimate of drug-likeness (QED) is 0.761. The lowest BCUT2D eigenvalue weighted by Crippen LogP contribution is -2.08. The number of nitrogens with two attached hydrogens (primary N) is 1. The minimum atomic E-state index is -2.53. The van der Waals surface area contributed by atoms with Gasteiger partial charge in [-0.05, 0) is 13.5 Å². The molecule has 0 amide bonds. The van der Waals surface area contributed by atoms with E-state index < -0.39 is 6.43 Å². The summed E-state index contributed by atoms with van der Waals surface area (Å²) in [6.45, 7) is 2.45. The van der Waals surface area contributed by atoms with Gasteiger partial charge in [-0.2, -0.15) is 0 Å². The van der Waals surface area contributed by atoms with Crippen LogP contribution in [-0.4, -0.2) is 21.5 Å². The van der Waals surface area contributed by atoms with E-state index >= 15 is 0 Å². The van der Waals surface area contributed by atoms with Gasteiger partial charge in [-0.1, -0.05) is 5.21 Å². The SMILES string of the molecule is CCn1nnc(CCN)c1C(F)F. The second-order valence-electron chi connectivity index (χ2n) is 2.58. The summed E-state index contributed by atoms with van der Waals surface area (Å²) in [6.07, 6.45) is -2.18. The molecule has 0 saturated carbocycles. The average molecular weight is 190 g/mol. The molecule has 0 bridgehead atoms. The molecule has 0 atom stereocenters. The van der Waals surface area contributed by atoms with Crippen molar-refractivity contribution in [2.24, 2.45) is 5.73 Å². The highest BCUT2D eigenvalue weighted by atomic mass is 19.3. The van der Waals surface area contributed by atoms with Gasteiger partial charge in [0.05, 0.1) is 5.69 Å². The molecule has 6 heteroatoms. The smallest absolute Gasteiger partial charge is 0.281 e. The number of aromatic nitrogens is 3. The van der Waals surface area contributed by atoms with Crippen molar-refractivity contribution in [1.82, 2.24) is 15.0 Å². The first-order chi connectivity index (χ1) is 6.20. The number of alkyl halides is 2. The van der Waals surface area contributed by atoms with Crippen LogP contribution in [0.15, 0.2) is 0 Å². The number of aryl methyl sites for hydroxylation is 1. The van der Waals surface area contributed by atoms with Crippen LogP contribution in [0.4, 0.5) is 8.78 Å². The van der Waals surface area contributed by atoms with E-state index in [1.54, 1.807) is 6.92 Å². The van der Waals surface area contributed by atoms with Crippen LogP contribution in [0.5, 0.6) is 0 Å². The molecule has 0 aliphatic rings. The maximum absolute atomic E-state index is 12.5. The molecule has 1 aromatic heterocycles. The van der Waals surface area contributed by atoms with Crippen LogP contribution in [0, 0.1) is 0 Å². The zero-order valence-corrected chi connectivity index (χ0v) is 7.37. The minimum absolute atomic E-state index is 0.104. The standard InChI is InChI=1S/C7H12F2N4/c1-2-13-6(7(8)9)5(3-4-10)11-12-13/h7H,2-4,10H2,1H3. The summed E-state index contributed by atoms with van der Waals surface area (Å²) >= 11 is 0. The molecular formula is C7H12F2N4. The molecule has 2 N–H and O–H groups in total. The Morgan fingerprint density at radius 3 is 2.69 bits per heavy atom. The lowest BCUT2D eigenvalue weighted by molar-refractivity contribution is 0.138. The van der Waals surface area contributed by atoms with Crippen molar-refractivity contribution in [2.45, 2.75) is 26.3 Å². The van der Waals surface area contributed by atoms with Gasteiger partial charge in [0.2, 0.25) is 0 Å². The summed E-state index contributed by atoms with van der Waals surface area (Å²) in [6, 6.07) is 0. The highest BCUT2D eigenvalue weighted by molar-refractivity contribution is 5.11. The Kier molecular flexibility index (Phi) is 3.30. The Bertz CT molecular complexity index is 271. The number of hydrogen-bond donors (Lipinski definition) is 1. The maximum atomic E-state index is 12.5. The van der Waals surface area contributed by atoms with E-state index in [1.165, 1.54) is 4.68 Å². The van der Waals surface area contributed by atoms with E-state index in [2.05, 4.69) is 10.3 Å². The molecule has 0 spiro atoms. The maximum Gasteiger partial charge on any atom is 0.281 e. The van der Waals surface area contributed by atoms with Crippen LogP contribution in [0.1, 0.15) is 24.7 Å². The second-order valence-corrected chi connectivity index (χ2v) is 2.58. The van der Waals surface area contributed by atoms with Crippen LogP contribution in [-0.2, 0) is 13.0 Å². The third-order valence-corrected chi connectivity index (χ3v) is 1.73. The summed E-state index contributed by atoms with van der Waals surface area (Å²) in [4.78, 5) is 0. The van der Waals surface area contributed by atoms with Gasteiger partial charge in [0, 0.05) is 13.0 Å². The molecule has 0 aliphatic carbocycles. The number of hydrogen-bond acceptors (Lipinski definition) is 3. The first-order valence-electron chi connectivity index (χ1n) is 4.11. The summed E-state index contributed by atoms with van der Waals surface area (Å²) in [5.74, 6) is 0. The lowest BCUT2D eigenvalue weighted by Gasteiger charge is -2.03. The zero-order valence-electron chi connectivity index (χ0n) is 7.37. The highest BCUT2D eigenvalue weighted by Gasteiger charge is 2.19. The largest absolute Gasteiger partial charge is 0.330 e. The molecule has 1 heterocycles. The van der Waals surface area contributed by atoms with E-state index in [0.717, 1.165) is 0 Å². The number of nitrogens with zero attached hydrogens (tertiary/aromatic N) is 3. The van der Waals surface area contributed by atoms with Crippen molar-refractivity contribution < 1.29 is 8.78 Å². The van der Waals surface area contributed by atoms with E-state index in [4.69, 9.17) is 5.73 Å². The summed E-state index contributed by atoms with van der Waals surface area (Å²) in [5, 5.41) is 7.26.